The molecule has 0 unspecified atom stereocenters. The van der Waals surface area contributed by atoms with Crippen molar-refractivity contribution in [3.8, 4) is 11.5 Å². The second kappa shape index (κ2) is 4.91. The molecular weight excluding hydrogens is 280 g/mol. The Balaban J connectivity index is 1.62. The molecule has 0 spiro atoms. The molecule has 4 nitrogen and oxygen atoms in total. The normalized spacial score (nSPS) is 15.0. The number of nitrogens with one attached hydrogen (secondary N) is 2. The summed E-state index contributed by atoms with van der Waals surface area (Å²) >= 11 is 1.86. The van der Waals surface area contributed by atoms with Crippen molar-refractivity contribution in [2.75, 3.05) is 5.75 Å². The van der Waals surface area contributed by atoms with E-state index < -0.39 is 0 Å². The molecule has 1 aliphatic carbocycles. The van der Waals surface area contributed by atoms with Crippen LogP contribution in [0.2, 0.25) is 0 Å². The fourth-order valence-corrected chi connectivity index (χ4v) is 3.44. The molecular formula is C16H18N4S. The van der Waals surface area contributed by atoms with Crippen molar-refractivity contribution in [3.63, 3.8) is 0 Å². The molecule has 0 atom stereocenters. The summed E-state index contributed by atoms with van der Waals surface area (Å²) in [6, 6.07) is 6.36. The third-order valence-corrected chi connectivity index (χ3v) is 5.22. The maximum Gasteiger partial charge on any atom is 0.159 e. The summed E-state index contributed by atoms with van der Waals surface area (Å²) < 4.78 is 0. The molecule has 1 aromatic carbocycles. The van der Waals surface area contributed by atoms with E-state index in [0.717, 1.165) is 33.5 Å². The van der Waals surface area contributed by atoms with Gasteiger partial charge in [-0.15, -0.1) is 11.8 Å². The molecule has 5 heteroatoms. The smallest absolute Gasteiger partial charge is 0.159 e. The minimum Gasteiger partial charge on any atom is -0.337 e. The zero-order valence-corrected chi connectivity index (χ0v) is 13.0. The van der Waals surface area contributed by atoms with Crippen LogP contribution in [-0.4, -0.2) is 25.9 Å². The van der Waals surface area contributed by atoms with Gasteiger partial charge in [0.1, 0.15) is 5.69 Å². The number of imidazole rings is 1. The number of nitrogens with zero attached hydrogens (tertiary/aromatic N) is 2. The van der Waals surface area contributed by atoms with Crippen LogP contribution < -0.4 is 0 Å². The Bertz CT molecular complexity index is 759. The monoisotopic (exact) mass is 298 g/mol. The van der Waals surface area contributed by atoms with Gasteiger partial charge < -0.3 is 4.98 Å². The lowest BCUT2D eigenvalue weighted by Crippen LogP contribution is -1.80. The van der Waals surface area contributed by atoms with Gasteiger partial charge in [0.15, 0.2) is 5.82 Å². The Morgan fingerprint density at radius 1 is 1.19 bits per heavy atom. The van der Waals surface area contributed by atoms with Gasteiger partial charge in [-0.05, 0) is 55.9 Å². The highest BCUT2D eigenvalue weighted by Crippen LogP contribution is 2.35. The van der Waals surface area contributed by atoms with E-state index in [2.05, 4.69) is 52.2 Å². The molecule has 2 heterocycles. The molecule has 2 N–H and O–H groups in total. The van der Waals surface area contributed by atoms with Crippen molar-refractivity contribution >= 4 is 22.8 Å². The topological polar surface area (TPSA) is 57.4 Å². The largest absolute Gasteiger partial charge is 0.337 e. The van der Waals surface area contributed by atoms with Gasteiger partial charge in [-0.1, -0.05) is 0 Å². The minimum absolute atomic E-state index is 0.838. The van der Waals surface area contributed by atoms with Gasteiger partial charge in [-0.3, -0.25) is 5.10 Å². The molecule has 21 heavy (non-hydrogen) atoms. The highest BCUT2D eigenvalue weighted by Gasteiger charge is 2.21. The third-order valence-electron chi connectivity index (χ3n) is 4.07. The summed E-state index contributed by atoms with van der Waals surface area (Å²) in [5.74, 6) is 2.95. The van der Waals surface area contributed by atoms with E-state index in [1.807, 2.05) is 11.8 Å². The van der Waals surface area contributed by atoms with Crippen LogP contribution in [0.3, 0.4) is 0 Å². The standard InChI is InChI=1S/C16H18N4S/c1-9-5-12-13(6-10(9)2)18-16(17-12)14-7-15(20-19-14)21-8-11-3-4-11/h5-7,11H,3-4,8H2,1-2H3,(H,17,18)(H,19,20). The van der Waals surface area contributed by atoms with E-state index in [-0.39, 0.29) is 0 Å². The fourth-order valence-electron chi connectivity index (χ4n) is 2.38. The fraction of sp³-hybridized carbons (Fsp3) is 0.375. The first-order valence-corrected chi connectivity index (χ1v) is 8.33. The second-order valence-corrected chi connectivity index (χ2v) is 6.97. The van der Waals surface area contributed by atoms with E-state index >= 15 is 0 Å². The molecule has 0 amide bonds. The summed E-state index contributed by atoms with van der Waals surface area (Å²) in [5.41, 5.74) is 5.51. The molecule has 3 aromatic rings. The number of thioether (sulfide) groups is 1. The average molecular weight is 298 g/mol. The van der Waals surface area contributed by atoms with Gasteiger partial charge in [-0.25, -0.2) is 4.98 Å². The van der Waals surface area contributed by atoms with E-state index in [1.54, 1.807) is 0 Å². The molecule has 0 saturated heterocycles. The van der Waals surface area contributed by atoms with Crippen LogP contribution in [0, 0.1) is 19.8 Å². The van der Waals surface area contributed by atoms with Crippen molar-refractivity contribution in [2.24, 2.45) is 5.92 Å². The molecule has 1 aliphatic rings. The highest BCUT2D eigenvalue weighted by molar-refractivity contribution is 7.99. The van der Waals surface area contributed by atoms with E-state index in [1.165, 1.54) is 29.7 Å². The first kappa shape index (κ1) is 13.0. The summed E-state index contributed by atoms with van der Waals surface area (Å²) in [6.45, 7) is 4.24. The molecule has 1 saturated carbocycles. The van der Waals surface area contributed by atoms with Crippen molar-refractivity contribution in [2.45, 2.75) is 31.7 Å². The Morgan fingerprint density at radius 2 is 2.00 bits per heavy atom. The predicted molar refractivity (Wildman–Crippen MR) is 86.6 cm³/mol. The lowest BCUT2D eigenvalue weighted by atomic mass is 10.1. The quantitative estimate of drug-likeness (QED) is 0.714. The van der Waals surface area contributed by atoms with Crippen LogP contribution in [0.25, 0.3) is 22.6 Å². The zero-order valence-electron chi connectivity index (χ0n) is 12.2. The Morgan fingerprint density at radius 3 is 2.81 bits per heavy atom. The van der Waals surface area contributed by atoms with E-state index in [9.17, 15) is 0 Å². The number of aryl methyl sites for hydroxylation is 2. The van der Waals surface area contributed by atoms with Crippen molar-refractivity contribution in [3.05, 3.63) is 29.3 Å². The van der Waals surface area contributed by atoms with E-state index in [4.69, 9.17) is 0 Å². The first-order chi connectivity index (χ1) is 10.2. The molecule has 0 radical (unpaired) electrons. The number of fused-ring (bicyclic) bond motifs is 1. The lowest BCUT2D eigenvalue weighted by Gasteiger charge is -1.97. The van der Waals surface area contributed by atoms with Crippen molar-refractivity contribution in [1.29, 1.82) is 0 Å². The highest BCUT2D eigenvalue weighted by atomic mass is 32.2. The van der Waals surface area contributed by atoms with E-state index in [0.29, 0.717) is 0 Å². The summed E-state index contributed by atoms with van der Waals surface area (Å²) in [4.78, 5) is 8.03. The van der Waals surface area contributed by atoms with Crippen LogP contribution >= 0.6 is 11.8 Å². The van der Waals surface area contributed by atoms with Crippen molar-refractivity contribution < 1.29 is 0 Å². The number of hydrogen-bond donors (Lipinski definition) is 2. The molecule has 0 aliphatic heterocycles. The average Bonchev–Trinajstić information content (AvgIpc) is 3.02. The SMILES string of the molecule is Cc1cc2nc(-c3cc(SCC4CC4)[nH]n3)[nH]c2cc1C. The third kappa shape index (κ3) is 2.58. The number of hydrogen-bond acceptors (Lipinski definition) is 3. The van der Waals surface area contributed by atoms with Crippen LogP contribution in [-0.2, 0) is 0 Å². The molecule has 2 aromatic heterocycles. The number of H-pyrrole nitrogens is 2. The zero-order chi connectivity index (χ0) is 14.4. The van der Waals surface area contributed by atoms with Gasteiger partial charge in [0.2, 0.25) is 0 Å². The summed E-state index contributed by atoms with van der Waals surface area (Å²) in [5, 5.41) is 8.62. The van der Waals surface area contributed by atoms with Crippen LogP contribution in [0.5, 0.6) is 0 Å². The van der Waals surface area contributed by atoms with Crippen molar-refractivity contribution in [1.82, 2.24) is 20.2 Å². The summed E-state index contributed by atoms with van der Waals surface area (Å²) in [6.07, 6.45) is 2.77. The van der Waals surface area contributed by atoms with Gasteiger partial charge >= 0.3 is 0 Å². The lowest BCUT2D eigenvalue weighted by molar-refractivity contribution is 0.974. The Labute approximate surface area is 127 Å². The summed E-state index contributed by atoms with van der Waals surface area (Å²) in [7, 11) is 0. The maximum atomic E-state index is 4.66. The van der Waals surface area contributed by atoms with Crippen LogP contribution in [0.1, 0.15) is 24.0 Å². The first-order valence-electron chi connectivity index (χ1n) is 7.34. The Hall–Kier alpha value is -1.75. The maximum absolute atomic E-state index is 4.66. The minimum atomic E-state index is 0.838. The van der Waals surface area contributed by atoms with Gasteiger partial charge in [0, 0.05) is 11.8 Å². The number of aromatic nitrogens is 4. The Kier molecular flexibility index (Phi) is 3.03. The van der Waals surface area contributed by atoms with Gasteiger partial charge in [0.05, 0.1) is 16.1 Å². The molecule has 1 fully saturated rings. The molecule has 4 rings (SSSR count). The number of rotatable bonds is 4. The second-order valence-electron chi connectivity index (χ2n) is 5.91. The molecule has 108 valence electrons. The molecule has 0 bridgehead atoms. The number of aromatic amines is 2. The predicted octanol–water partition coefficient (Wildman–Crippen LogP) is 4.07. The van der Waals surface area contributed by atoms with Crippen LogP contribution in [0.15, 0.2) is 23.2 Å². The van der Waals surface area contributed by atoms with Crippen LogP contribution in [0.4, 0.5) is 0 Å². The van der Waals surface area contributed by atoms with Gasteiger partial charge in [-0.2, -0.15) is 5.10 Å². The van der Waals surface area contributed by atoms with Gasteiger partial charge in [0.25, 0.3) is 0 Å². The number of benzene rings is 1.